The van der Waals surface area contributed by atoms with E-state index in [9.17, 15) is 0 Å². The van der Waals surface area contributed by atoms with Gasteiger partial charge >= 0.3 is 0 Å². The van der Waals surface area contributed by atoms with E-state index in [1.165, 1.54) is 5.56 Å². The van der Waals surface area contributed by atoms with Crippen molar-refractivity contribution >= 4 is 21.6 Å². The van der Waals surface area contributed by atoms with Gasteiger partial charge in [-0.1, -0.05) is 28.1 Å². The van der Waals surface area contributed by atoms with Crippen LogP contribution in [-0.4, -0.2) is 21.7 Å². The van der Waals surface area contributed by atoms with E-state index >= 15 is 0 Å². The molecule has 3 aromatic rings. The lowest BCUT2D eigenvalue weighted by atomic mass is 10.1. The van der Waals surface area contributed by atoms with Gasteiger partial charge in [0.05, 0.1) is 13.3 Å². The topological polar surface area (TPSA) is 39.4 Å². The van der Waals surface area contributed by atoms with E-state index in [1.807, 2.05) is 30.5 Å². The van der Waals surface area contributed by atoms with Crippen LogP contribution in [0.3, 0.4) is 0 Å². The molecule has 4 nitrogen and oxygen atoms in total. The van der Waals surface area contributed by atoms with E-state index < -0.39 is 0 Å². The first-order valence-electron chi connectivity index (χ1n) is 5.88. The Kier molecular flexibility index (Phi) is 3.21. The fourth-order valence-electron chi connectivity index (χ4n) is 1.94. The summed E-state index contributed by atoms with van der Waals surface area (Å²) in [4.78, 5) is 4.49. The fraction of sp³-hybridized carbons (Fsp3) is 0.143. The average Bonchev–Trinajstić information content (AvgIpc) is 2.79. The molecule has 2 aromatic heterocycles. The molecule has 0 spiro atoms. The summed E-state index contributed by atoms with van der Waals surface area (Å²) in [7, 11) is 1.64. The molecule has 0 bridgehead atoms. The number of fused-ring (bicyclic) bond motifs is 1. The molecule has 0 atom stereocenters. The third-order valence-electron chi connectivity index (χ3n) is 2.83. The highest BCUT2D eigenvalue weighted by Crippen LogP contribution is 2.15. The number of hydrogen-bond acceptors (Lipinski definition) is 3. The summed E-state index contributed by atoms with van der Waals surface area (Å²) in [5.74, 6) is 1.57. The van der Waals surface area contributed by atoms with Gasteiger partial charge in [-0.2, -0.15) is 5.10 Å². The van der Waals surface area contributed by atoms with Crippen molar-refractivity contribution < 1.29 is 4.74 Å². The normalized spacial score (nSPS) is 10.8. The van der Waals surface area contributed by atoms with Gasteiger partial charge in [0, 0.05) is 10.9 Å². The maximum absolute atomic E-state index is 5.17. The number of rotatable bonds is 3. The highest BCUT2D eigenvalue weighted by atomic mass is 79.9. The molecule has 0 saturated carbocycles. The van der Waals surface area contributed by atoms with Crippen LogP contribution in [0.1, 0.15) is 11.4 Å². The van der Waals surface area contributed by atoms with Gasteiger partial charge in [-0.25, -0.2) is 9.50 Å². The van der Waals surface area contributed by atoms with E-state index in [0.717, 1.165) is 21.7 Å². The number of aromatic nitrogens is 3. The predicted molar refractivity (Wildman–Crippen MR) is 76.5 cm³/mol. The number of ether oxygens (including phenoxy) is 1. The van der Waals surface area contributed by atoms with Crippen LogP contribution in [-0.2, 0) is 6.42 Å². The van der Waals surface area contributed by atoms with E-state index in [2.05, 4.69) is 38.1 Å². The molecule has 0 N–H and O–H groups in total. The molecule has 0 radical (unpaired) electrons. The number of methoxy groups -OCH3 is 1. The standard InChI is InChI=1S/C14H12BrN3O/c1-19-12-5-6-14-16-13(17-18(14)9-12)8-10-3-2-4-11(15)7-10/h2-7,9H,8H2,1H3. The second kappa shape index (κ2) is 5.01. The maximum atomic E-state index is 5.17. The number of hydrogen-bond donors (Lipinski definition) is 0. The lowest BCUT2D eigenvalue weighted by molar-refractivity contribution is 0.411. The molecule has 96 valence electrons. The lowest BCUT2D eigenvalue weighted by Gasteiger charge is -1.98. The van der Waals surface area contributed by atoms with E-state index in [4.69, 9.17) is 4.74 Å². The first-order chi connectivity index (χ1) is 9.24. The van der Waals surface area contributed by atoms with Gasteiger partial charge < -0.3 is 4.74 Å². The Labute approximate surface area is 119 Å². The van der Waals surface area contributed by atoms with Crippen molar-refractivity contribution in [1.29, 1.82) is 0 Å². The third kappa shape index (κ3) is 2.61. The van der Waals surface area contributed by atoms with Crippen LogP contribution in [0.2, 0.25) is 0 Å². The largest absolute Gasteiger partial charge is 0.495 e. The number of nitrogens with zero attached hydrogens (tertiary/aromatic N) is 3. The zero-order valence-corrected chi connectivity index (χ0v) is 12.0. The quantitative estimate of drug-likeness (QED) is 0.745. The van der Waals surface area contributed by atoms with Crippen LogP contribution >= 0.6 is 15.9 Å². The summed E-state index contributed by atoms with van der Waals surface area (Å²) in [6.07, 6.45) is 2.54. The molecular formula is C14H12BrN3O. The maximum Gasteiger partial charge on any atom is 0.156 e. The van der Waals surface area contributed by atoms with Crippen LogP contribution in [0.5, 0.6) is 5.75 Å². The number of benzene rings is 1. The molecule has 2 heterocycles. The molecule has 0 aliphatic carbocycles. The van der Waals surface area contributed by atoms with Crippen LogP contribution < -0.4 is 4.74 Å². The number of halogens is 1. The van der Waals surface area contributed by atoms with Gasteiger partial charge in [-0.3, -0.25) is 0 Å². The Hall–Kier alpha value is -1.88. The van der Waals surface area contributed by atoms with Crippen molar-refractivity contribution in [3.63, 3.8) is 0 Å². The highest BCUT2D eigenvalue weighted by Gasteiger charge is 2.05. The third-order valence-corrected chi connectivity index (χ3v) is 3.33. The Morgan fingerprint density at radius 3 is 2.95 bits per heavy atom. The summed E-state index contributed by atoms with van der Waals surface area (Å²) >= 11 is 3.47. The van der Waals surface area contributed by atoms with Crippen LogP contribution in [0.15, 0.2) is 47.1 Å². The highest BCUT2D eigenvalue weighted by molar-refractivity contribution is 9.10. The summed E-state index contributed by atoms with van der Waals surface area (Å²) in [6.45, 7) is 0. The van der Waals surface area contributed by atoms with Gasteiger partial charge in [0.25, 0.3) is 0 Å². The monoisotopic (exact) mass is 317 g/mol. The van der Waals surface area contributed by atoms with Gasteiger partial charge in [-0.05, 0) is 29.8 Å². The SMILES string of the molecule is COc1ccc2nc(Cc3cccc(Br)c3)nn2c1. The first kappa shape index (κ1) is 12.2. The summed E-state index contributed by atoms with van der Waals surface area (Å²) in [6, 6.07) is 11.9. The van der Waals surface area contributed by atoms with E-state index in [-0.39, 0.29) is 0 Å². The minimum atomic E-state index is 0.712. The van der Waals surface area contributed by atoms with Crippen molar-refractivity contribution in [1.82, 2.24) is 14.6 Å². The van der Waals surface area contributed by atoms with Crippen molar-refractivity contribution in [2.75, 3.05) is 7.11 Å². The van der Waals surface area contributed by atoms with Crippen molar-refractivity contribution in [3.8, 4) is 5.75 Å². The van der Waals surface area contributed by atoms with Gasteiger partial charge in [0.1, 0.15) is 5.75 Å². The van der Waals surface area contributed by atoms with Crippen molar-refractivity contribution in [3.05, 3.63) is 58.5 Å². The van der Waals surface area contributed by atoms with Gasteiger partial charge in [-0.15, -0.1) is 0 Å². The minimum absolute atomic E-state index is 0.712. The Balaban J connectivity index is 1.93. The predicted octanol–water partition coefficient (Wildman–Crippen LogP) is 3.09. The molecule has 3 rings (SSSR count). The molecule has 0 aliphatic rings. The first-order valence-corrected chi connectivity index (χ1v) is 6.67. The molecule has 1 aromatic carbocycles. The van der Waals surface area contributed by atoms with Crippen molar-refractivity contribution in [2.45, 2.75) is 6.42 Å². The summed E-state index contributed by atoms with van der Waals surface area (Å²) < 4.78 is 7.98. The molecule has 0 fully saturated rings. The van der Waals surface area contributed by atoms with E-state index in [0.29, 0.717) is 6.42 Å². The lowest BCUT2D eigenvalue weighted by Crippen LogP contribution is -1.92. The smallest absolute Gasteiger partial charge is 0.156 e. The zero-order chi connectivity index (χ0) is 13.2. The fourth-order valence-corrected chi connectivity index (χ4v) is 2.38. The average molecular weight is 318 g/mol. The Morgan fingerprint density at radius 2 is 2.16 bits per heavy atom. The minimum Gasteiger partial charge on any atom is -0.495 e. The van der Waals surface area contributed by atoms with Crippen LogP contribution in [0.25, 0.3) is 5.65 Å². The zero-order valence-electron chi connectivity index (χ0n) is 10.4. The molecule has 5 heteroatoms. The number of pyridine rings is 1. The van der Waals surface area contributed by atoms with Crippen molar-refractivity contribution in [2.24, 2.45) is 0 Å². The molecule has 0 aliphatic heterocycles. The molecular weight excluding hydrogens is 306 g/mol. The van der Waals surface area contributed by atoms with E-state index in [1.54, 1.807) is 11.6 Å². The second-order valence-electron chi connectivity index (χ2n) is 4.21. The molecule has 0 saturated heterocycles. The molecule has 0 unspecified atom stereocenters. The summed E-state index contributed by atoms with van der Waals surface area (Å²) in [5.41, 5.74) is 2.00. The van der Waals surface area contributed by atoms with Crippen LogP contribution in [0.4, 0.5) is 0 Å². The second-order valence-corrected chi connectivity index (χ2v) is 5.12. The van der Waals surface area contributed by atoms with Crippen LogP contribution in [0, 0.1) is 0 Å². The Bertz CT molecular complexity index is 724. The van der Waals surface area contributed by atoms with Gasteiger partial charge in [0.15, 0.2) is 11.5 Å². The summed E-state index contributed by atoms with van der Waals surface area (Å²) in [5, 5.41) is 4.46. The molecule has 19 heavy (non-hydrogen) atoms. The molecule has 0 amide bonds. The van der Waals surface area contributed by atoms with Gasteiger partial charge in [0.2, 0.25) is 0 Å². The Morgan fingerprint density at radius 1 is 1.26 bits per heavy atom.